The average molecular weight is 524 g/mol. The number of carboxylic acid groups (broad SMARTS) is 1. The van der Waals surface area contributed by atoms with Crippen LogP contribution in [-0.2, 0) is 19.1 Å². The predicted molar refractivity (Wildman–Crippen MR) is 132 cm³/mol. The molecule has 3 N–H and O–H groups in total. The maximum absolute atomic E-state index is 12.9. The molecule has 0 aliphatic heterocycles. The van der Waals surface area contributed by atoms with Gasteiger partial charge in [-0.2, -0.15) is 5.10 Å². The molecule has 14 heteroatoms. The van der Waals surface area contributed by atoms with Crippen molar-refractivity contribution in [2.75, 3.05) is 26.2 Å². The van der Waals surface area contributed by atoms with Crippen LogP contribution in [0.4, 0.5) is 16.3 Å². The molecule has 0 unspecified atom stereocenters. The summed E-state index contributed by atoms with van der Waals surface area (Å²) in [7, 11) is 2.71. The Morgan fingerprint density at radius 3 is 2.55 bits per heavy atom. The van der Waals surface area contributed by atoms with E-state index >= 15 is 0 Å². The molecule has 2 heterocycles. The molecule has 0 fully saturated rings. The number of amides is 3. The lowest BCUT2D eigenvalue weighted by molar-refractivity contribution is -0.146. The van der Waals surface area contributed by atoms with Gasteiger partial charge in [-0.05, 0) is 37.1 Å². The number of nitrogens with one attached hydrogen (secondary N) is 2. The Labute approximate surface area is 215 Å². The summed E-state index contributed by atoms with van der Waals surface area (Å²) in [6, 6.07) is 4.71. The van der Waals surface area contributed by atoms with Crippen LogP contribution in [0.1, 0.15) is 31.8 Å². The zero-order valence-electron chi connectivity index (χ0n) is 20.8. The molecule has 14 nitrogen and oxygen atoms in total. The first kappa shape index (κ1) is 27.3. The zero-order valence-corrected chi connectivity index (χ0v) is 20.8. The molecule has 0 aliphatic carbocycles. The average Bonchev–Trinajstić information content (AvgIpc) is 3.24. The molecule has 0 radical (unpaired) electrons. The SMILES string of the molecule is CNC(=O)c1cn2ncnc(Nc3cc(C(=O)N(C)C(=O)OCOC(=O)/C=C/C(=O)O)ccc3C)c2c1C. The Kier molecular flexibility index (Phi) is 8.37. The van der Waals surface area contributed by atoms with E-state index in [1.807, 2.05) is 0 Å². The molecule has 0 saturated heterocycles. The van der Waals surface area contributed by atoms with Gasteiger partial charge >= 0.3 is 18.0 Å². The fraction of sp³-hybridized carbons (Fsp3) is 0.208. The third-order valence-electron chi connectivity index (χ3n) is 5.36. The highest BCUT2D eigenvalue weighted by atomic mass is 16.7. The standard InChI is InChI=1S/C24H24N6O8/c1-13-5-6-15(23(35)29(4)24(36)38-12-37-19(33)8-7-18(31)32)9-17(13)28-21-20-14(2)16(22(34)25-3)10-30(20)27-11-26-21/h5-11H,12H2,1-4H3,(H,25,34)(H,31,32)(H,26,27,28)/b8-7+. The second kappa shape index (κ2) is 11.6. The number of carbonyl (C=O) groups excluding carboxylic acids is 4. The summed E-state index contributed by atoms with van der Waals surface area (Å²) in [5.74, 6) is -2.97. The molecule has 38 heavy (non-hydrogen) atoms. The second-order valence-corrected chi connectivity index (χ2v) is 7.83. The summed E-state index contributed by atoms with van der Waals surface area (Å²) < 4.78 is 10.8. The van der Waals surface area contributed by atoms with Crippen LogP contribution in [0, 0.1) is 13.8 Å². The highest BCUT2D eigenvalue weighted by Crippen LogP contribution is 2.27. The molecule has 198 valence electrons. The van der Waals surface area contributed by atoms with Crippen molar-refractivity contribution in [2.24, 2.45) is 0 Å². The van der Waals surface area contributed by atoms with E-state index in [1.54, 1.807) is 26.1 Å². The molecule has 0 bridgehead atoms. The Hall–Kier alpha value is -5.27. The minimum absolute atomic E-state index is 0.141. The molecule has 1 aromatic carbocycles. The van der Waals surface area contributed by atoms with Crippen molar-refractivity contribution < 1.29 is 38.6 Å². The van der Waals surface area contributed by atoms with Crippen molar-refractivity contribution in [3.8, 4) is 0 Å². The van der Waals surface area contributed by atoms with Crippen LogP contribution in [0.5, 0.6) is 0 Å². The number of carboxylic acids is 1. The van der Waals surface area contributed by atoms with E-state index < -0.39 is 30.7 Å². The topological polar surface area (TPSA) is 182 Å². The Morgan fingerprint density at radius 2 is 1.87 bits per heavy atom. The van der Waals surface area contributed by atoms with Gasteiger partial charge in [-0.1, -0.05) is 6.07 Å². The molecular formula is C24H24N6O8. The minimum Gasteiger partial charge on any atom is -0.478 e. The number of aryl methyl sites for hydroxylation is 2. The van der Waals surface area contributed by atoms with Gasteiger partial charge in [0, 0.05) is 43.7 Å². The van der Waals surface area contributed by atoms with Crippen LogP contribution in [0.15, 0.2) is 42.9 Å². The predicted octanol–water partition coefficient (Wildman–Crippen LogP) is 1.80. The normalized spacial score (nSPS) is 10.7. The summed E-state index contributed by atoms with van der Waals surface area (Å²) in [6.07, 6.45) is 3.02. The van der Waals surface area contributed by atoms with E-state index in [-0.39, 0.29) is 11.5 Å². The van der Waals surface area contributed by atoms with E-state index in [0.717, 1.165) is 5.56 Å². The summed E-state index contributed by atoms with van der Waals surface area (Å²) in [6.45, 7) is 2.75. The van der Waals surface area contributed by atoms with Gasteiger partial charge in [0.25, 0.3) is 11.8 Å². The summed E-state index contributed by atoms with van der Waals surface area (Å²) in [5, 5.41) is 18.4. The number of ether oxygens (including phenoxy) is 2. The first-order valence-corrected chi connectivity index (χ1v) is 11.0. The van der Waals surface area contributed by atoms with Crippen LogP contribution in [0.25, 0.3) is 5.52 Å². The van der Waals surface area contributed by atoms with E-state index in [2.05, 4.69) is 25.5 Å². The summed E-state index contributed by atoms with van der Waals surface area (Å²) in [5.41, 5.74) is 3.07. The third-order valence-corrected chi connectivity index (χ3v) is 5.36. The summed E-state index contributed by atoms with van der Waals surface area (Å²) >= 11 is 0. The molecule has 0 aliphatic rings. The van der Waals surface area contributed by atoms with Crippen molar-refractivity contribution in [1.82, 2.24) is 24.8 Å². The molecule has 0 spiro atoms. The number of imide groups is 1. The van der Waals surface area contributed by atoms with Gasteiger partial charge in [-0.25, -0.2) is 28.8 Å². The molecule has 2 aromatic heterocycles. The van der Waals surface area contributed by atoms with Crippen LogP contribution >= 0.6 is 0 Å². The van der Waals surface area contributed by atoms with Gasteiger partial charge in [-0.3, -0.25) is 9.59 Å². The number of rotatable bonds is 8. The monoisotopic (exact) mass is 524 g/mol. The highest BCUT2D eigenvalue weighted by molar-refractivity contribution is 6.03. The van der Waals surface area contributed by atoms with Gasteiger partial charge in [-0.15, -0.1) is 0 Å². The van der Waals surface area contributed by atoms with Gasteiger partial charge in [0.05, 0.1) is 5.56 Å². The Bertz CT molecular complexity index is 1460. The van der Waals surface area contributed by atoms with E-state index in [0.29, 0.717) is 45.2 Å². The number of aliphatic carboxylic acids is 1. The van der Waals surface area contributed by atoms with E-state index in [4.69, 9.17) is 9.84 Å². The molecule has 0 saturated carbocycles. The van der Waals surface area contributed by atoms with Gasteiger partial charge < -0.3 is 25.2 Å². The van der Waals surface area contributed by atoms with Crippen molar-refractivity contribution in [3.05, 3.63) is 65.1 Å². The van der Waals surface area contributed by atoms with Crippen molar-refractivity contribution in [1.29, 1.82) is 0 Å². The molecule has 3 amide bonds. The zero-order chi connectivity index (χ0) is 28.0. The molecule has 3 rings (SSSR count). The lowest BCUT2D eigenvalue weighted by Crippen LogP contribution is -2.34. The van der Waals surface area contributed by atoms with Crippen LogP contribution in [0.3, 0.4) is 0 Å². The number of esters is 1. The lowest BCUT2D eigenvalue weighted by atomic mass is 10.1. The van der Waals surface area contributed by atoms with Gasteiger partial charge in [0.1, 0.15) is 11.8 Å². The highest BCUT2D eigenvalue weighted by Gasteiger charge is 2.22. The quantitative estimate of drug-likeness (QED) is 0.222. The lowest BCUT2D eigenvalue weighted by Gasteiger charge is -2.17. The fourth-order valence-electron chi connectivity index (χ4n) is 3.33. The second-order valence-electron chi connectivity index (χ2n) is 7.83. The van der Waals surface area contributed by atoms with Crippen LogP contribution < -0.4 is 10.6 Å². The molecule has 0 atom stereocenters. The fourth-order valence-corrected chi connectivity index (χ4v) is 3.33. The largest absolute Gasteiger partial charge is 0.478 e. The van der Waals surface area contributed by atoms with E-state index in [1.165, 1.54) is 37.1 Å². The number of hydrogen-bond acceptors (Lipinski definition) is 10. The number of carbonyl (C=O) groups is 5. The molecular weight excluding hydrogens is 500 g/mol. The number of benzene rings is 1. The Morgan fingerprint density at radius 1 is 1.13 bits per heavy atom. The number of hydrogen-bond donors (Lipinski definition) is 3. The number of fused-ring (bicyclic) bond motifs is 1. The number of anilines is 2. The maximum atomic E-state index is 12.9. The maximum Gasteiger partial charge on any atom is 0.419 e. The number of aromatic nitrogens is 3. The Balaban J connectivity index is 1.76. The summed E-state index contributed by atoms with van der Waals surface area (Å²) in [4.78, 5) is 64.0. The smallest absolute Gasteiger partial charge is 0.419 e. The van der Waals surface area contributed by atoms with Crippen molar-refractivity contribution in [2.45, 2.75) is 13.8 Å². The van der Waals surface area contributed by atoms with Gasteiger partial charge in [0.15, 0.2) is 5.82 Å². The van der Waals surface area contributed by atoms with Crippen molar-refractivity contribution in [3.63, 3.8) is 0 Å². The number of nitrogens with zero attached hydrogens (tertiary/aromatic N) is 4. The van der Waals surface area contributed by atoms with Gasteiger partial charge in [0.2, 0.25) is 6.79 Å². The van der Waals surface area contributed by atoms with Crippen LogP contribution in [0.2, 0.25) is 0 Å². The minimum atomic E-state index is -1.35. The van der Waals surface area contributed by atoms with Crippen molar-refractivity contribution >= 4 is 46.9 Å². The molecule has 3 aromatic rings. The van der Waals surface area contributed by atoms with E-state index in [9.17, 15) is 24.0 Å². The first-order valence-electron chi connectivity index (χ1n) is 11.0. The third kappa shape index (κ3) is 6.10. The first-order chi connectivity index (χ1) is 18.0. The van der Waals surface area contributed by atoms with Crippen LogP contribution in [-0.4, -0.2) is 75.3 Å².